The molecule has 0 aliphatic rings. The quantitative estimate of drug-likeness (QED) is 0.840. The Morgan fingerprint density at radius 3 is 2.60 bits per heavy atom. The molecule has 0 radical (unpaired) electrons. The van der Waals surface area contributed by atoms with Crippen LogP contribution in [0.3, 0.4) is 0 Å². The summed E-state index contributed by atoms with van der Waals surface area (Å²) in [5, 5.41) is 6.05. The zero-order valence-electron chi connectivity index (χ0n) is 13.2. The molecule has 20 heavy (non-hydrogen) atoms. The minimum atomic E-state index is -0.00653. The van der Waals surface area contributed by atoms with E-state index >= 15 is 0 Å². The molecule has 0 saturated carbocycles. The fourth-order valence-corrected chi connectivity index (χ4v) is 1.79. The molecular formula is C16H26N2O2. The van der Waals surface area contributed by atoms with E-state index in [1.165, 1.54) is 0 Å². The van der Waals surface area contributed by atoms with E-state index in [0.29, 0.717) is 13.0 Å². The van der Waals surface area contributed by atoms with Crippen molar-refractivity contribution < 1.29 is 9.53 Å². The SMILES string of the molecule is CNC(=O)CCOc1c(C)cccc1CNC(C)(C)C. The van der Waals surface area contributed by atoms with Gasteiger partial charge in [0.2, 0.25) is 5.91 Å². The average Bonchev–Trinajstić information content (AvgIpc) is 2.37. The Kier molecular flexibility index (Phi) is 6.02. The van der Waals surface area contributed by atoms with Crippen LogP contribution in [0.2, 0.25) is 0 Å². The first-order valence-electron chi connectivity index (χ1n) is 7.00. The van der Waals surface area contributed by atoms with Gasteiger partial charge in [-0.05, 0) is 33.3 Å². The van der Waals surface area contributed by atoms with Crippen molar-refractivity contribution in [1.82, 2.24) is 10.6 Å². The second-order valence-electron chi connectivity index (χ2n) is 5.94. The molecule has 4 nitrogen and oxygen atoms in total. The maximum atomic E-state index is 11.2. The van der Waals surface area contributed by atoms with Gasteiger partial charge in [-0.2, -0.15) is 0 Å². The molecule has 0 saturated heterocycles. The van der Waals surface area contributed by atoms with Crippen molar-refractivity contribution in [3.63, 3.8) is 0 Å². The van der Waals surface area contributed by atoms with Crippen molar-refractivity contribution in [1.29, 1.82) is 0 Å². The number of hydrogen-bond donors (Lipinski definition) is 2. The summed E-state index contributed by atoms with van der Waals surface area (Å²) in [6.07, 6.45) is 0.372. The molecule has 0 atom stereocenters. The van der Waals surface area contributed by atoms with E-state index in [0.717, 1.165) is 23.4 Å². The van der Waals surface area contributed by atoms with Gasteiger partial charge >= 0.3 is 0 Å². The molecule has 1 aromatic carbocycles. The van der Waals surface area contributed by atoms with Gasteiger partial charge in [0.15, 0.2) is 0 Å². The molecule has 0 bridgehead atoms. The Bertz CT molecular complexity index is 450. The van der Waals surface area contributed by atoms with E-state index in [9.17, 15) is 4.79 Å². The second-order valence-corrected chi connectivity index (χ2v) is 5.94. The van der Waals surface area contributed by atoms with Crippen LogP contribution in [-0.2, 0) is 11.3 Å². The number of amides is 1. The van der Waals surface area contributed by atoms with Gasteiger partial charge in [-0.25, -0.2) is 0 Å². The molecule has 0 heterocycles. The van der Waals surface area contributed by atoms with Crippen LogP contribution >= 0.6 is 0 Å². The summed E-state index contributed by atoms with van der Waals surface area (Å²) in [6.45, 7) is 9.57. The van der Waals surface area contributed by atoms with E-state index in [1.807, 2.05) is 19.1 Å². The first-order chi connectivity index (χ1) is 9.33. The number of aryl methyl sites for hydroxylation is 1. The molecule has 0 aliphatic carbocycles. The molecule has 0 aliphatic heterocycles. The van der Waals surface area contributed by atoms with Crippen LogP contribution in [0, 0.1) is 6.92 Å². The predicted octanol–water partition coefficient (Wildman–Crippen LogP) is 2.40. The lowest BCUT2D eigenvalue weighted by molar-refractivity contribution is -0.121. The molecule has 0 aromatic heterocycles. The van der Waals surface area contributed by atoms with Crippen LogP contribution < -0.4 is 15.4 Å². The maximum Gasteiger partial charge on any atom is 0.223 e. The van der Waals surface area contributed by atoms with Crippen molar-refractivity contribution in [3.05, 3.63) is 29.3 Å². The molecule has 4 heteroatoms. The minimum Gasteiger partial charge on any atom is -0.492 e. The third-order valence-corrected chi connectivity index (χ3v) is 2.96. The maximum absolute atomic E-state index is 11.2. The Hall–Kier alpha value is -1.55. The van der Waals surface area contributed by atoms with E-state index < -0.39 is 0 Å². The summed E-state index contributed by atoms with van der Waals surface area (Å²) in [4.78, 5) is 11.2. The van der Waals surface area contributed by atoms with Gasteiger partial charge in [-0.15, -0.1) is 0 Å². The van der Waals surface area contributed by atoms with Crippen molar-refractivity contribution in [3.8, 4) is 5.75 Å². The number of hydrogen-bond acceptors (Lipinski definition) is 3. The molecule has 1 aromatic rings. The standard InChI is InChI=1S/C16H26N2O2/c1-12-7-6-8-13(11-18-16(2,3)4)15(12)20-10-9-14(19)17-5/h6-8,18H,9-11H2,1-5H3,(H,17,19). The van der Waals surface area contributed by atoms with Gasteiger partial charge in [0.1, 0.15) is 5.75 Å². The van der Waals surface area contributed by atoms with Crippen molar-refractivity contribution in [2.75, 3.05) is 13.7 Å². The first-order valence-corrected chi connectivity index (χ1v) is 7.00. The lowest BCUT2D eigenvalue weighted by atomic mass is 10.1. The number of carbonyl (C=O) groups excluding carboxylic acids is 1. The van der Waals surface area contributed by atoms with Gasteiger partial charge < -0.3 is 15.4 Å². The Morgan fingerprint density at radius 1 is 1.30 bits per heavy atom. The van der Waals surface area contributed by atoms with Gasteiger partial charge in [0, 0.05) is 24.7 Å². The summed E-state index contributed by atoms with van der Waals surface area (Å²) >= 11 is 0. The highest BCUT2D eigenvalue weighted by Crippen LogP contribution is 2.24. The van der Waals surface area contributed by atoms with E-state index in [1.54, 1.807) is 7.05 Å². The average molecular weight is 278 g/mol. The van der Waals surface area contributed by atoms with Crippen LogP contribution in [0.1, 0.15) is 38.3 Å². The van der Waals surface area contributed by atoms with Crippen LogP contribution in [0.5, 0.6) is 5.75 Å². The van der Waals surface area contributed by atoms with E-state index in [2.05, 4.69) is 37.5 Å². The molecular weight excluding hydrogens is 252 g/mol. The summed E-state index contributed by atoms with van der Waals surface area (Å²) in [5.74, 6) is 0.876. The highest BCUT2D eigenvalue weighted by Gasteiger charge is 2.12. The largest absolute Gasteiger partial charge is 0.492 e. The molecule has 112 valence electrons. The summed E-state index contributed by atoms with van der Waals surface area (Å²) in [5.41, 5.74) is 2.27. The number of para-hydroxylation sites is 1. The smallest absolute Gasteiger partial charge is 0.223 e. The molecule has 0 fully saturated rings. The highest BCUT2D eigenvalue weighted by molar-refractivity contribution is 5.75. The number of ether oxygens (including phenoxy) is 1. The first kappa shape index (κ1) is 16.5. The Labute approximate surface area is 121 Å². The normalized spacial score (nSPS) is 11.2. The minimum absolute atomic E-state index is 0.00653. The molecule has 1 amide bonds. The van der Waals surface area contributed by atoms with Crippen LogP contribution in [0.4, 0.5) is 0 Å². The van der Waals surface area contributed by atoms with E-state index in [-0.39, 0.29) is 11.4 Å². The van der Waals surface area contributed by atoms with Crippen LogP contribution in [0.25, 0.3) is 0 Å². The van der Waals surface area contributed by atoms with Gasteiger partial charge in [0.25, 0.3) is 0 Å². The zero-order valence-corrected chi connectivity index (χ0v) is 13.2. The number of nitrogens with one attached hydrogen (secondary N) is 2. The summed E-state index contributed by atoms with van der Waals surface area (Å²) < 4.78 is 5.80. The molecule has 1 rings (SSSR count). The fourth-order valence-electron chi connectivity index (χ4n) is 1.79. The lowest BCUT2D eigenvalue weighted by Crippen LogP contribution is -2.35. The zero-order chi connectivity index (χ0) is 15.2. The second kappa shape index (κ2) is 7.29. The highest BCUT2D eigenvalue weighted by atomic mass is 16.5. The van der Waals surface area contributed by atoms with Crippen molar-refractivity contribution in [2.24, 2.45) is 0 Å². The number of rotatable bonds is 6. The van der Waals surface area contributed by atoms with E-state index in [4.69, 9.17) is 4.74 Å². The Balaban J connectivity index is 2.70. The third-order valence-electron chi connectivity index (χ3n) is 2.96. The Morgan fingerprint density at radius 2 is 2.00 bits per heavy atom. The molecule has 0 spiro atoms. The van der Waals surface area contributed by atoms with Crippen molar-refractivity contribution >= 4 is 5.91 Å². The predicted molar refractivity (Wildman–Crippen MR) is 82.0 cm³/mol. The third kappa shape index (κ3) is 5.61. The monoisotopic (exact) mass is 278 g/mol. The van der Waals surface area contributed by atoms with Crippen LogP contribution in [0.15, 0.2) is 18.2 Å². The lowest BCUT2D eigenvalue weighted by Gasteiger charge is -2.22. The number of carbonyl (C=O) groups is 1. The fraction of sp³-hybridized carbons (Fsp3) is 0.562. The number of benzene rings is 1. The molecule has 0 unspecified atom stereocenters. The molecule has 2 N–H and O–H groups in total. The van der Waals surface area contributed by atoms with Gasteiger partial charge in [-0.3, -0.25) is 4.79 Å². The summed E-state index contributed by atoms with van der Waals surface area (Å²) in [6, 6.07) is 6.11. The van der Waals surface area contributed by atoms with Crippen molar-refractivity contribution in [2.45, 2.75) is 46.2 Å². The summed E-state index contributed by atoms with van der Waals surface area (Å²) in [7, 11) is 1.63. The van der Waals surface area contributed by atoms with Gasteiger partial charge in [0.05, 0.1) is 13.0 Å². The van der Waals surface area contributed by atoms with Gasteiger partial charge in [-0.1, -0.05) is 18.2 Å². The van der Waals surface area contributed by atoms with Crippen LogP contribution in [-0.4, -0.2) is 25.1 Å². The topological polar surface area (TPSA) is 50.4 Å².